The quantitative estimate of drug-likeness (QED) is 0.841. The SMILES string of the molecule is CCCOc1cc(S(=O)(=O)Nc2cccc(O)c2)ccc1Cl. The van der Waals surface area contributed by atoms with E-state index in [2.05, 4.69) is 4.72 Å². The standard InChI is InChI=1S/C15H16ClNO4S/c1-2-8-21-15-10-13(6-7-14(15)16)22(19,20)17-11-4-3-5-12(18)9-11/h3-7,9-10,17-18H,2,8H2,1H3. The van der Waals surface area contributed by atoms with Crippen LogP contribution in [0.3, 0.4) is 0 Å². The van der Waals surface area contributed by atoms with E-state index in [1.54, 1.807) is 12.1 Å². The van der Waals surface area contributed by atoms with E-state index in [0.717, 1.165) is 6.42 Å². The number of anilines is 1. The average molecular weight is 342 g/mol. The van der Waals surface area contributed by atoms with Gasteiger partial charge in [0.05, 0.1) is 22.2 Å². The topological polar surface area (TPSA) is 75.6 Å². The molecule has 118 valence electrons. The second-order valence-electron chi connectivity index (χ2n) is 4.60. The number of phenolic OH excluding ortho intramolecular Hbond substituents is 1. The number of ether oxygens (including phenoxy) is 1. The second-order valence-corrected chi connectivity index (χ2v) is 6.69. The summed E-state index contributed by atoms with van der Waals surface area (Å²) in [7, 11) is -3.79. The van der Waals surface area contributed by atoms with E-state index in [-0.39, 0.29) is 16.3 Å². The van der Waals surface area contributed by atoms with E-state index in [4.69, 9.17) is 16.3 Å². The maximum Gasteiger partial charge on any atom is 0.262 e. The molecular weight excluding hydrogens is 326 g/mol. The van der Waals surface area contributed by atoms with Gasteiger partial charge in [0.25, 0.3) is 10.0 Å². The fourth-order valence-electron chi connectivity index (χ4n) is 1.76. The van der Waals surface area contributed by atoms with Gasteiger partial charge in [-0.15, -0.1) is 0 Å². The summed E-state index contributed by atoms with van der Waals surface area (Å²) in [5.74, 6) is 0.297. The van der Waals surface area contributed by atoms with Crippen LogP contribution in [0.25, 0.3) is 0 Å². The Kier molecular flexibility index (Phi) is 5.15. The van der Waals surface area contributed by atoms with Gasteiger partial charge >= 0.3 is 0 Å². The van der Waals surface area contributed by atoms with Gasteiger partial charge in [0.2, 0.25) is 0 Å². The number of nitrogens with one attached hydrogen (secondary N) is 1. The van der Waals surface area contributed by atoms with Gasteiger partial charge in [-0.2, -0.15) is 0 Å². The van der Waals surface area contributed by atoms with Gasteiger partial charge in [0.1, 0.15) is 11.5 Å². The fraction of sp³-hybridized carbons (Fsp3) is 0.200. The van der Waals surface area contributed by atoms with Crippen LogP contribution in [0.15, 0.2) is 47.4 Å². The van der Waals surface area contributed by atoms with Crippen molar-refractivity contribution in [2.24, 2.45) is 0 Å². The molecule has 2 aromatic carbocycles. The molecule has 5 nitrogen and oxygen atoms in total. The summed E-state index contributed by atoms with van der Waals surface area (Å²) in [6, 6.07) is 10.1. The molecule has 0 fully saturated rings. The van der Waals surface area contributed by atoms with Crippen LogP contribution in [0, 0.1) is 0 Å². The highest BCUT2D eigenvalue weighted by Crippen LogP contribution is 2.29. The van der Waals surface area contributed by atoms with Crippen LogP contribution in [0.1, 0.15) is 13.3 Å². The first-order chi connectivity index (χ1) is 10.4. The zero-order valence-corrected chi connectivity index (χ0v) is 13.5. The normalized spacial score (nSPS) is 11.2. The summed E-state index contributed by atoms with van der Waals surface area (Å²) in [5, 5.41) is 9.74. The van der Waals surface area contributed by atoms with Crippen molar-refractivity contribution < 1.29 is 18.3 Å². The Labute approximate surface area is 134 Å². The summed E-state index contributed by atoms with van der Waals surface area (Å²) in [5.41, 5.74) is 0.269. The van der Waals surface area contributed by atoms with E-state index >= 15 is 0 Å². The maximum atomic E-state index is 12.4. The summed E-state index contributed by atoms with van der Waals surface area (Å²) >= 11 is 5.99. The number of halogens is 1. The molecule has 0 saturated carbocycles. The molecule has 0 saturated heterocycles. The van der Waals surface area contributed by atoms with Gasteiger partial charge in [-0.3, -0.25) is 4.72 Å². The summed E-state index contributed by atoms with van der Waals surface area (Å²) in [4.78, 5) is 0.0337. The number of phenols is 1. The lowest BCUT2D eigenvalue weighted by Gasteiger charge is -2.11. The third-order valence-electron chi connectivity index (χ3n) is 2.77. The number of hydrogen-bond acceptors (Lipinski definition) is 4. The molecule has 0 aliphatic carbocycles. The summed E-state index contributed by atoms with van der Waals surface area (Å²) in [6.45, 7) is 2.39. The minimum Gasteiger partial charge on any atom is -0.508 e. The van der Waals surface area contributed by atoms with E-state index in [1.807, 2.05) is 6.92 Å². The molecule has 2 aromatic rings. The monoisotopic (exact) mass is 341 g/mol. The molecular formula is C15H16ClNO4S. The van der Waals surface area contributed by atoms with E-state index in [1.165, 1.54) is 30.3 Å². The summed E-state index contributed by atoms with van der Waals surface area (Å²) < 4.78 is 32.5. The third-order valence-corrected chi connectivity index (χ3v) is 4.46. The smallest absolute Gasteiger partial charge is 0.262 e. The number of hydrogen-bond donors (Lipinski definition) is 2. The van der Waals surface area contributed by atoms with Crippen LogP contribution in [0.2, 0.25) is 5.02 Å². The number of aromatic hydroxyl groups is 1. The molecule has 0 amide bonds. The highest BCUT2D eigenvalue weighted by molar-refractivity contribution is 7.92. The van der Waals surface area contributed by atoms with Crippen molar-refractivity contribution in [3.8, 4) is 11.5 Å². The predicted octanol–water partition coefficient (Wildman–Crippen LogP) is 3.64. The predicted molar refractivity (Wildman–Crippen MR) is 86.2 cm³/mol. The first-order valence-electron chi connectivity index (χ1n) is 6.66. The number of rotatable bonds is 6. The summed E-state index contributed by atoms with van der Waals surface area (Å²) in [6.07, 6.45) is 0.787. The lowest BCUT2D eigenvalue weighted by Crippen LogP contribution is -2.13. The second kappa shape index (κ2) is 6.89. The Morgan fingerprint density at radius 3 is 2.68 bits per heavy atom. The van der Waals surface area contributed by atoms with Crippen molar-refractivity contribution in [3.05, 3.63) is 47.5 Å². The third kappa shape index (κ3) is 4.05. The minimum absolute atomic E-state index is 0.0247. The average Bonchev–Trinajstić information content (AvgIpc) is 2.45. The Hall–Kier alpha value is -1.92. The van der Waals surface area contributed by atoms with Crippen molar-refractivity contribution in [1.82, 2.24) is 0 Å². The molecule has 0 radical (unpaired) electrons. The van der Waals surface area contributed by atoms with Gasteiger partial charge < -0.3 is 9.84 Å². The first kappa shape index (κ1) is 16.5. The molecule has 0 aliphatic rings. The van der Waals surface area contributed by atoms with E-state index in [0.29, 0.717) is 17.4 Å². The van der Waals surface area contributed by atoms with Gasteiger partial charge in [0.15, 0.2) is 0 Å². The Morgan fingerprint density at radius 1 is 1.23 bits per heavy atom. The highest BCUT2D eigenvalue weighted by Gasteiger charge is 2.17. The lowest BCUT2D eigenvalue weighted by atomic mass is 10.3. The molecule has 7 heteroatoms. The molecule has 2 rings (SSSR count). The number of sulfonamides is 1. The van der Waals surface area contributed by atoms with Crippen molar-refractivity contribution in [3.63, 3.8) is 0 Å². The van der Waals surface area contributed by atoms with Crippen molar-refractivity contribution in [1.29, 1.82) is 0 Å². The molecule has 0 heterocycles. The van der Waals surface area contributed by atoms with Crippen LogP contribution in [-0.2, 0) is 10.0 Å². The Balaban J connectivity index is 2.29. The highest BCUT2D eigenvalue weighted by atomic mass is 35.5. The first-order valence-corrected chi connectivity index (χ1v) is 8.52. The molecule has 0 aliphatic heterocycles. The lowest BCUT2D eigenvalue weighted by molar-refractivity contribution is 0.317. The Bertz CT molecular complexity index is 762. The van der Waals surface area contributed by atoms with Crippen molar-refractivity contribution in [2.75, 3.05) is 11.3 Å². The molecule has 2 N–H and O–H groups in total. The van der Waals surface area contributed by atoms with Crippen LogP contribution in [0.4, 0.5) is 5.69 Å². The van der Waals surface area contributed by atoms with Crippen LogP contribution >= 0.6 is 11.6 Å². The van der Waals surface area contributed by atoms with Gasteiger partial charge in [0, 0.05) is 12.1 Å². The zero-order valence-electron chi connectivity index (χ0n) is 11.9. The maximum absolute atomic E-state index is 12.4. The largest absolute Gasteiger partial charge is 0.508 e. The molecule has 0 aromatic heterocycles. The fourth-order valence-corrected chi connectivity index (χ4v) is 2.99. The van der Waals surface area contributed by atoms with Gasteiger partial charge in [-0.25, -0.2) is 8.42 Å². The van der Waals surface area contributed by atoms with Gasteiger partial charge in [-0.1, -0.05) is 24.6 Å². The number of benzene rings is 2. The van der Waals surface area contributed by atoms with E-state index in [9.17, 15) is 13.5 Å². The molecule has 22 heavy (non-hydrogen) atoms. The van der Waals surface area contributed by atoms with Crippen molar-refractivity contribution >= 4 is 27.3 Å². The van der Waals surface area contributed by atoms with Gasteiger partial charge in [-0.05, 0) is 30.7 Å². The van der Waals surface area contributed by atoms with Crippen LogP contribution in [-0.4, -0.2) is 20.1 Å². The van der Waals surface area contributed by atoms with Crippen molar-refractivity contribution in [2.45, 2.75) is 18.2 Å². The molecule has 0 spiro atoms. The van der Waals surface area contributed by atoms with Crippen LogP contribution < -0.4 is 9.46 Å². The van der Waals surface area contributed by atoms with E-state index < -0.39 is 10.0 Å². The molecule has 0 bridgehead atoms. The zero-order chi connectivity index (χ0) is 16.2. The van der Waals surface area contributed by atoms with Crippen LogP contribution in [0.5, 0.6) is 11.5 Å². The molecule has 0 atom stereocenters. The minimum atomic E-state index is -3.79. The molecule has 0 unspecified atom stereocenters. The Morgan fingerprint density at radius 2 is 2.00 bits per heavy atom.